The van der Waals surface area contributed by atoms with Gasteiger partial charge in [0.2, 0.25) is 5.82 Å². The Morgan fingerprint density at radius 3 is 2.26 bits per heavy atom. The first-order valence-corrected chi connectivity index (χ1v) is 11.4. The molecule has 0 radical (unpaired) electrons. The molecule has 0 bridgehead atoms. The van der Waals surface area contributed by atoms with Crippen LogP contribution >= 0.6 is 0 Å². The fraction of sp³-hybridized carbons (Fsp3) is 0.538. The minimum atomic E-state index is -0.971. The molecule has 0 unspecified atom stereocenters. The van der Waals surface area contributed by atoms with Crippen molar-refractivity contribution >= 4 is 0 Å². The first-order valence-electron chi connectivity index (χ1n) is 11.4. The molecular formula is C26H34F2O3. The molecule has 3 nitrogen and oxygen atoms in total. The van der Waals surface area contributed by atoms with E-state index in [9.17, 15) is 8.78 Å². The van der Waals surface area contributed by atoms with E-state index in [0.717, 1.165) is 11.5 Å². The molecule has 3 rings (SSSR count). The second-order valence-electron chi connectivity index (χ2n) is 8.35. The van der Waals surface area contributed by atoms with E-state index in [0.29, 0.717) is 24.7 Å². The minimum Gasteiger partial charge on any atom is -0.488 e. The largest absolute Gasteiger partial charge is 0.488 e. The van der Waals surface area contributed by atoms with Crippen molar-refractivity contribution < 1.29 is 23.0 Å². The number of halogens is 2. The molecule has 0 amide bonds. The van der Waals surface area contributed by atoms with Crippen LogP contribution in [0.5, 0.6) is 5.75 Å². The van der Waals surface area contributed by atoms with Gasteiger partial charge in [0.05, 0.1) is 19.8 Å². The maximum absolute atomic E-state index is 14.2. The van der Waals surface area contributed by atoms with E-state index in [4.69, 9.17) is 14.2 Å². The summed E-state index contributed by atoms with van der Waals surface area (Å²) in [4.78, 5) is 0. The Bertz CT molecular complexity index is 799. The molecule has 1 aliphatic carbocycles. The van der Waals surface area contributed by atoms with Crippen LogP contribution < -0.4 is 4.74 Å². The molecule has 1 aliphatic rings. The standard InChI is InChI=1S/C26H34F2O3/c1-3-4-19-5-7-20(8-6-19)21-9-11-22(12-10-21)23-17-24(27)26(28)25(18-23)31-16-15-30-14-13-29-2/h9-12,17-20H,3-8,13-16H2,1-2H3. The maximum atomic E-state index is 14.2. The molecule has 2 aromatic rings. The Morgan fingerprint density at radius 2 is 1.58 bits per heavy atom. The highest BCUT2D eigenvalue weighted by molar-refractivity contribution is 5.65. The third kappa shape index (κ3) is 6.75. The third-order valence-corrected chi connectivity index (χ3v) is 6.17. The van der Waals surface area contributed by atoms with Gasteiger partial charge in [0, 0.05) is 7.11 Å². The zero-order chi connectivity index (χ0) is 22.1. The van der Waals surface area contributed by atoms with Crippen molar-refractivity contribution in [1.29, 1.82) is 0 Å². The van der Waals surface area contributed by atoms with Gasteiger partial charge in [-0.15, -0.1) is 0 Å². The van der Waals surface area contributed by atoms with Crippen LogP contribution in [0, 0.1) is 17.6 Å². The van der Waals surface area contributed by atoms with Crippen LogP contribution in [-0.2, 0) is 9.47 Å². The Kier molecular flexibility index (Phi) is 9.29. The molecule has 0 aliphatic heterocycles. The van der Waals surface area contributed by atoms with Gasteiger partial charge in [-0.1, -0.05) is 44.0 Å². The van der Waals surface area contributed by atoms with Crippen LogP contribution in [0.2, 0.25) is 0 Å². The second kappa shape index (κ2) is 12.2. The van der Waals surface area contributed by atoms with Crippen LogP contribution in [0.15, 0.2) is 36.4 Å². The average Bonchev–Trinajstić information content (AvgIpc) is 2.79. The monoisotopic (exact) mass is 432 g/mol. The highest BCUT2D eigenvalue weighted by Gasteiger charge is 2.22. The van der Waals surface area contributed by atoms with E-state index in [1.54, 1.807) is 13.2 Å². The molecule has 1 saturated carbocycles. The Balaban J connectivity index is 1.62. The summed E-state index contributed by atoms with van der Waals surface area (Å²) in [5.74, 6) is -0.494. The van der Waals surface area contributed by atoms with Gasteiger partial charge >= 0.3 is 0 Å². The summed E-state index contributed by atoms with van der Waals surface area (Å²) in [6, 6.07) is 11.0. The summed E-state index contributed by atoms with van der Waals surface area (Å²) in [6.07, 6.45) is 7.69. The van der Waals surface area contributed by atoms with Gasteiger partial charge in [0.1, 0.15) is 6.61 Å². The number of hydrogen-bond acceptors (Lipinski definition) is 3. The van der Waals surface area contributed by atoms with E-state index in [2.05, 4.69) is 19.1 Å². The molecule has 5 heteroatoms. The Labute approximate surface area is 184 Å². The smallest absolute Gasteiger partial charge is 0.200 e. The molecule has 0 spiro atoms. The highest BCUT2D eigenvalue weighted by atomic mass is 19.2. The molecule has 31 heavy (non-hydrogen) atoms. The summed E-state index contributed by atoms with van der Waals surface area (Å²) in [7, 11) is 1.59. The van der Waals surface area contributed by atoms with Crippen LogP contribution in [-0.4, -0.2) is 33.5 Å². The lowest BCUT2D eigenvalue weighted by Gasteiger charge is -2.28. The van der Waals surface area contributed by atoms with Gasteiger partial charge in [0.15, 0.2) is 11.6 Å². The van der Waals surface area contributed by atoms with Crippen molar-refractivity contribution in [2.24, 2.45) is 5.92 Å². The van der Waals surface area contributed by atoms with Crippen LogP contribution in [0.3, 0.4) is 0 Å². The van der Waals surface area contributed by atoms with Crippen molar-refractivity contribution in [1.82, 2.24) is 0 Å². The number of ether oxygens (including phenoxy) is 3. The van der Waals surface area contributed by atoms with Crippen molar-refractivity contribution in [2.45, 2.75) is 51.4 Å². The van der Waals surface area contributed by atoms with Crippen molar-refractivity contribution in [3.63, 3.8) is 0 Å². The molecule has 0 heterocycles. The third-order valence-electron chi connectivity index (χ3n) is 6.17. The normalized spacial score (nSPS) is 18.8. The lowest BCUT2D eigenvalue weighted by Crippen LogP contribution is -2.13. The fourth-order valence-corrected chi connectivity index (χ4v) is 4.43. The summed E-state index contributed by atoms with van der Waals surface area (Å²) in [6.45, 7) is 3.60. The fourth-order valence-electron chi connectivity index (χ4n) is 4.43. The van der Waals surface area contributed by atoms with Crippen LogP contribution in [0.4, 0.5) is 8.78 Å². The number of hydrogen-bond donors (Lipinski definition) is 0. The van der Waals surface area contributed by atoms with E-state index >= 15 is 0 Å². The summed E-state index contributed by atoms with van der Waals surface area (Å²) >= 11 is 0. The van der Waals surface area contributed by atoms with Crippen molar-refractivity contribution in [3.8, 4) is 16.9 Å². The van der Waals surface area contributed by atoms with Crippen LogP contribution in [0.1, 0.15) is 56.9 Å². The predicted octanol–water partition coefficient (Wildman–Crippen LogP) is 6.75. The highest BCUT2D eigenvalue weighted by Crippen LogP contribution is 2.38. The molecular weight excluding hydrogens is 398 g/mol. The summed E-state index contributed by atoms with van der Waals surface area (Å²) in [5, 5.41) is 0. The molecule has 2 aromatic carbocycles. The predicted molar refractivity (Wildman–Crippen MR) is 120 cm³/mol. The van der Waals surface area contributed by atoms with Crippen molar-refractivity contribution in [3.05, 3.63) is 53.6 Å². The van der Waals surface area contributed by atoms with E-state index in [1.165, 1.54) is 50.2 Å². The van der Waals surface area contributed by atoms with Crippen molar-refractivity contribution in [2.75, 3.05) is 33.5 Å². The lowest BCUT2D eigenvalue weighted by atomic mass is 9.77. The van der Waals surface area contributed by atoms with Gasteiger partial charge in [-0.3, -0.25) is 0 Å². The van der Waals surface area contributed by atoms with Gasteiger partial charge in [0.25, 0.3) is 0 Å². The Morgan fingerprint density at radius 1 is 0.871 bits per heavy atom. The molecule has 1 fully saturated rings. The zero-order valence-electron chi connectivity index (χ0n) is 18.7. The van der Waals surface area contributed by atoms with Gasteiger partial charge in [-0.2, -0.15) is 4.39 Å². The Hall–Kier alpha value is -1.98. The number of methoxy groups -OCH3 is 1. The van der Waals surface area contributed by atoms with Gasteiger partial charge < -0.3 is 14.2 Å². The molecule has 0 atom stereocenters. The summed E-state index contributed by atoms with van der Waals surface area (Å²) in [5.41, 5.74) is 2.79. The molecule has 0 N–H and O–H groups in total. The maximum Gasteiger partial charge on any atom is 0.200 e. The quantitative estimate of drug-likeness (QED) is 0.368. The minimum absolute atomic E-state index is 0.0938. The molecule has 170 valence electrons. The average molecular weight is 433 g/mol. The van der Waals surface area contributed by atoms with Gasteiger partial charge in [-0.05, 0) is 66.3 Å². The first kappa shape index (κ1) is 23.7. The first-order chi connectivity index (χ1) is 15.1. The zero-order valence-corrected chi connectivity index (χ0v) is 18.7. The SMILES string of the molecule is CCCC1CCC(c2ccc(-c3cc(F)c(F)c(OCCOCCOC)c3)cc2)CC1. The van der Waals surface area contributed by atoms with E-state index in [1.807, 2.05) is 12.1 Å². The van der Waals surface area contributed by atoms with E-state index < -0.39 is 11.6 Å². The molecule has 0 aromatic heterocycles. The van der Waals surface area contributed by atoms with Crippen LogP contribution in [0.25, 0.3) is 11.1 Å². The van der Waals surface area contributed by atoms with Gasteiger partial charge in [-0.25, -0.2) is 4.39 Å². The molecule has 0 saturated heterocycles. The number of benzene rings is 2. The summed E-state index contributed by atoms with van der Waals surface area (Å²) < 4.78 is 44.0. The van der Waals surface area contributed by atoms with E-state index in [-0.39, 0.29) is 19.0 Å². The topological polar surface area (TPSA) is 27.7 Å². The second-order valence-corrected chi connectivity index (χ2v) is 8.35. The lowest BCUT2D eigenvalue weighted by molar-refractivity contribution is 0.0537. The number of rotatable bonds is 11.